The number of ketones is 1. The molecule has 7 nitrogen and oxygen atoms in total. The molecule has 0 unspecified atom stereocenters. The lowest BCUT2D eigenvalue weighted by Crippen LogP contribution is -2.31. The van der Waals surface area contributed by atoms with E-state index in [-0.39, 0.29) is 27.8 Å². The predicted molar refractivity (Wildman–Crippen MR) is 104 cm³/mol. The largest absolute Gasteiger partial charge is 0.333 e. The second kappa shape index (κ2) is 7.79. The number of aromatic nitrogens is 2. The van der Waals surface area contributed by atoms with Crippen molar-refractivity contribution in [1.29, 1.82) is 0 Å². The van der Waals surface area contributed by atoms with Gasteiger partial charge in [0.15, 0.2) is 5.78 Å². The number of aryl methyl sites for hydroxylation is 2. The lowest BCUT2D eigenvalue weighted by Gasteiger charge is -2.09. The van der Waals surface area contributed by atoms with Gasteiger partial charge < -0.3 is 4.57 Å². The molecular formula is C20H17F2N3O4S. The van der Waals surface area contributed by atoms with Crippen LogP contribution in [0.25, 0.3) is 11.4 Å². The molecule has 1 N–H and O–H groups in total. The van der Waals surface area contributed by atoms with Crippen LogP contribution in [0.1, 0.15) is 33.3 Å². The van der Waals surface area contributed by atoms with Crippen LogP contribution < -0.4 is 4.72 Å². The number of rotatable bonds is 5. The van der Waals surface area contributed by atoms with E-state index in [1.54, 1.807) is 0 Å². The molecular weight excluding hydrogens is 416 g/mol. The highest BCUT2D eigenvalue weighted by Crippen LogP contribution is 2.25. The Balaban J connectivity index is 1.96. The molecule has 0 saturated heterocycles. The summed E-state index contributed by atoms with van der Waals surface area (Å²) in [5, 5.41) is 0. The van der Waals surface area contributed by atoms with Crippen LogP contribution in [0.3, 0.4) is 0 Å². The summed E-state index contributed by atoms with van der Waals surface area (Å²) in [4.78, 5) is 27.7. The molecule has 0 fully saturated rings. The SMILES string of the molecule is CC(=O)c1ccc(C)c(S(=O)(=O)NC(=O)c2cn(C)c(-c3c(F)cccc3F)n2)c1. The van der Waals surface area contributed by atoms with Crippen molar-refractivity contribution in [3.05, 3.63) is 71.1 Å². The van der Waals surface area contributed by atoms with Crippen LogP contribution in [-0.2, 0) is 17.1 Å². The van der Waals surface area contributed by atoms with Gasteiger partial charge in [0, 0.05) is 18.8 Å². The zero-order chi connectivity index (χ0) is 22.2. The van der Waals surface area contributed by atoms with Crippen LogP contribution >= 0.6 is 0 Å². The van der Waals surface area contributed by atoms with Crippen LogP contribution in [0, 0.1) is 18.6 Å². The van der Waals surface area contributed by atoms with Crippen molar-refractivity contribution in [3.8, 4) is 11.4 Å². The highest BCUT2D eigenvalue weighted by Gasteiger charge is 2.25. The van der Waals surface area contributed by atoms with Crippen molar-refractivity contribution in [1.82, 2.24) is 14.3 Å². The van der Waals surface area contributed by atoms with Crippen molar-refractivity contribution in [2.45, 2.75) is 18.7 Å². The van der Waals surface area contributed by atoms with Gasteiger partial charge in [0.2, 0.25) is 0 Å². The van der Waals surface area contributed by atoms with Gasteiger partial charge in [0.05, 0.1) is 10.5 Å². The Morgan fingerprint density at radius 1 is 1.10 bits per heavy atom. The highest BCUT2D eigenvalue weighted by atomic mass is 32.2. The van der Waals surface area contributed by atoms with Gasteiger partial charge in [-0.2, -0.15) is 0 Å². The summed E-state index contributed by atoms with van der Waals surface area (Å²) in [5.41, 5.74) is -0.287. The van der Waals surface area contributed by atoms with E-state index in [1.165, 1.54) is 49.7 Å². The minimum absolute atomic E-state index is 0.170. The second-order valence-electron chi connectivity index (χ2n) is 6.63. The zero-order valence-corrected chi connectivity index (χ0v) is 17.0. The lowest BCUT2D eigenvalue weighted by atomic mass is 10.1. The fourth-order valence-electron chi connectivity index (χ4n) is 2.86. The number of hydrogen-bond acceptors (Lipinski definition) is 5. The summed E-state index contributed by atoms with van der Waals surface area (Å²) in [6, 6.07) is 7.38. The monoisotopic (exact) mass is 433 g/mol. The molecule has 0 aliphatic heterocycles. The third kappa shape index (κ3) is 3.99. The van der Waals surface area contributed by atoms with Crippen molar-refractivity contribution in [2.24, 2.45) is 7.05 Å². The minimum atomic E-state index is -4.33. The molecule has 156 valence electrons. The summed E-state index contributed by atoms with van der Waals surface area (Å²) in [6.45, 7) is 2.81. The molecule has 10 heteroatoms. The normalized spacial score (nSPS) is 11.4. The number of imidazole rings is 1. The molecule has 3 rings (SSSR count). The maximum atomic E-state index is 14.0. The average molecular weight is 433 g/mol. The summed E-state index contributed by atoms with van der Waals surface area (Å²) in [5.74, 6) is -3.34. The first-order valence-corrected chi connectivity index (χ1v) is 10.2. The Kier molecular flexibility index (Phi) is 5.53. The molecule has 0 aliphatic carbocycles. The highest BCUT2D eigenvalue weighted by molar-refractivity contribution is 7.90. The predicted octanol–water partition coefficient (Wildman–Crippen LogP) is 3.00. The van der Waals surface area contributed by atoms with E-state index in [0.29, 0.717) is 5.56 Å². The van der Waals surface area contributed by atoms with Gasteiger partial charge in [-0.25, -0.2) is 26.9 Å². The smallest absolute Gasteiger partial charge is 0.285 e. The molecule has 0 atom stereocenters. The third-order valence-corrected chi connectivity index (χ3v) is 5.88. The molecule has 1 heterocycles. The maximum Gasteiger partial charge on any atom is 0.285 e. The first kappa shape index (κ1) is 21.3. The van der Waals surface area contributed by atoms with Crippen molar-refractivity contribution >= 4 is 21.7 Å². The first-order valence-electron chi connectivity index (χ1n) is 8.67. The van der Waals surface area contributed by atoms with E-state index in [1.807, 2.05) is 4.72 Å². The van der Waals surface area contributed by atoms with Crippen LogP contribution in [0.4, 0.5) is 8.78 Å². The van der Waals surface area contributed by atoms with Crippen LogP contribution in [0.2, 0.25) is 0 Å². The first-order chi connectivity index (χ1) is 14.0. The third-order valence-electron chi connectivity index (χ3n) is 4.41. The van der Waals surface area contributed by atoms with Gasteiger partial charge in [-0.1, -0.05) is 18.2 Å². The van der Waals surface area contributed by atoms with E-state index < -0.39 is 33.1 Å². The number of carbonyl (C=O) groups is 2. The van der Waals surface area contributed by atoms with E-state index in [4.69, 9.17) is 0 Å². The van der Waals surface area contributed by atoms with Gasteiger partial charge in [-0.3, -0.25) is 9.59 Å². The Morgan fingerprint density at radius 2 is 1.73 bits per heavy atom. The van der Waals surface area contributed by atoms with Crippen molar-refractivity contribution in [2.75, 3.05) is 0 Å². The quantitative estimate of drug-likeness (QED) is 0.624. The number of halogens is 2. The van der Waals surface area contributed by atoms with E-state index in [2.05, 4.69) is 4.98 Å². The topological polar surface area (TPSA) is 98.1 Å². The van der Waals surface area contributed by atoms with Gasteiger partial charge in [-0.15, -0.1) is 0 Å². The number of nitrogens with one attached hydrogen (secondary N) is 1. The molecule has 1 aromatic heterocycles. The van der Waals surface area contributed by atoms with Crippen molar-refractivity contribution < 1.29 is 26.8 Å². The molecule has 0 bridgehead atoms. The van der Waals surface area contributed by atoms with Gasteiger partial charge in [0.25, 0.3) is 15.9 Å². The zero-order valence-electron chi connectivity index (χ0n) is 16.2. The Labute approximate surface area is 171 Å². The number of Topliss-reactive ketones (excluding diaryl/α,β-unsaturated/α-hetero) is 1. The number of benzene rings is 2. The number of amides is 1. The van der Waals surface area contributed by atoms with E-state index in [9.17, 15) is 26.8 Å². The van der Waals surface area contributed by atoms with Gasteiger partial charge in [0.1, 0.15) is 23.2 Å². The lowest BCUT2D eigenvalue weighted by molar-refractivity contribution is 0.0975. The molecule has 3 aromatic rings. The second-order valence-corrected chi connectivity index (χ2v) is 8.28. The van der Waals surface area contributed by atoms with Crippen LogP contribution in [-0.4, -0.2) is 29.7 Å². The summed E-state index contributed by atoms with van der Waals surface area (Å²) in [6.07, 6.45) is 1.16. The van der Waals surface area contributed by atoms with Crippen molar-refractivity contribution in [3.63, 3.8) is 0 Å². The summed E-state index contributed by atoms with van der Waals surface area (Å²) < 4.78 is 56.6. The maximum absolute atomic E-state index is 14.0. The molecule has 30 heavy (non-hydrogen) atoms. The van der Waals surface area contributed by atoms with Gasteiger partial charge in [-0.05, 0) is 37.6 Å². The van der Waals surface area contributed by atoms with Gasteiger partial charge >= 0.3 is 0 Å². The number of hydrogen-bond donors (Lipinski definition) is 1. The number of nitrogens with zero attached hydrogens (tertiary/aromatic N) is 2. The minimum Gasteiger partial charge on any atom is -0.333 e. The van der Waals surface area contributed by atoms with E-state index in [0.717, 1.165) is 18.3 Å². The summed E-state index contributed by atoms with van der Waals surface area (Å²) in [7, 11) is -2.91. The average Bonchev–Trinajstić information content (AvgIpc) is 3.03. The molecule has 0 saturated carbocycles. The Hall–Kier alpha value is -3.40. The fraction of sp³-hybridized carbons (Fsp3) is 0.150. The van der Waals surface area contributed by atoms with Crippen LogP contribution in [0.5, 0.6) is 0 Å². The van der Waals surface area contributed by atoms with Crippen LogP contribution in [0.15, 0.2) is 47.5 Å². The summed E-state index contributed by atoms with van der Waals surface area (Å²) >= 11 is 0. The Bertz CT molecular complexity index is 1260. The Morgan fingerprint density at radius 3 is 2.33 bits per heavy atom. The molecule has 0 aliphatic rings. The number of sulfonamides is 1. The fourth-order valence-corrected chi connectivity index (χ4v) is 4.09. The standard InChI is InChI=1S/C20H17F2N3O4S/c1-11-7-8-13(12(2)26)9-17(11)30(28,29)24-20(27)16-10-25(3)19(23-16)18-14(21)5-4-6-15(18)22/h4-10H,1-3H3,(H,24,27). The van der Waals surface area contributed by atoms with E-state index >= 15 is 0 Å². The molecule has 0 spiro atoms. The molecule has 2 aromatic carbocycles. The molecule has 0 radical (unpaired) electrons. The number of carbonyl (C=O) groups excluding carboxylic acids is 2. The molecule has 1 amide bonds.